The van der Waals surface area contributed by atoms with E-state index < -0.39 is 12.2 Å². The van der Waals surface area contributed by atoms with E-state index in [2.05, 4.69) is 0 Å². The van der Waals surface area contributed by atoms with Crippen molar-refractivity contribution in [1.82, 2.24) is 0 Å². The Labute approximate surface area is 188 Å². The van der Waals surface area contributed by atoms with Gasteiger partial charge in [-0.3, -0.25) is 0 Å². The zero-order chi connectivity index (χ0) is 22.8. The minimum absolute atomic E-state index is 0.321. The fourth-order valence-electron chi connectivity index (χ4n) is 3.08. The molecule has 8 nitrogen and oxygen atoms in total. The Morgan fingerprint density at radius 1 is 0.531 bits per heavy atom. The molecule has 1 heterocycles. The van der Waals surface area contributed by atoms with Crippen molar-refractivity contribution in [3.8, 4) is 23.0 Å². The number of ether oxygens (including phenoxy) is 6. The largest absolute Gasteiger partial charge is 0.487 e. The molecule has 0 amide bonds. The van der Waals surface area contributed by atoms with Crippen molar-refractivity contribution in [1.29, 1.82) is 0 Å². The number of hydrogen-bond donors (Lipinski definition) is 2. The van der Waals surface area contributed by atoms with Gasteiger partial charge in [0.05, 0.1) is 38.6 Å². The SMILES string of the molecule is C[C@H](O)c1ccc2c(c1)OCCOCCOc1cc([C@@H](C)O)ccc1OCCOCCO2. The Kier molecular flexibility index (Phi) is 9.43. The lowest BCUT2D eigenvalue weighted by Crippen LogP contribution is -2.15. The molecule has 3 rings (SSSR count). The van der Waals surface area contributed by atoms with Crippen molar-refractivity contribution in [3.05, 3.63) is 47.5 Å². The number of benzene rings is 2. The minimum atomic E-state index is -0.606. The van der Waals surface area contributed by atoms with Gasteiger partial charge in [0.25, 0.3) is 0 Å². The van der Waals surface area contributed by atoms with E-state index in [1.165, 1.54) is 0 Å². The monoisotopic (exact) mass is 448 g/mol. The number of aliphatic hydroxyl groups excluding tert-OH is 2. The predicted molar refractivity (Wildman–Crippen MR) is 118 cm³/mol. The summed E-state index contributed by atoms with van der Waals surface area (Å²) in [6.07, 6.45) is -1.21. The first-order valence-corrected chi connectivity index (χ1v) is 10.9. The molecule has 0 saturated heterocycles. The Hall–Kier alpha value is -2.52. The van der Waals surface area contributed by atoms with Crippen molar-refractivity contribution in [2.75, 3.05) is 52.9 Å². The molecule has 0 saturated carbocycles. The molecule has 0 radical (unpaired) electrons. The molecule has 0 bridgehead atoms. The van der Waals surface area contributed by atoms with Crippen molar-refractivity contribution < 1.29 is 38.6 Å². The zero-order valence-electron chi connectivity index (χ0n) is 18.6. The van der Waals surface area contributed by atoms with Crippen LogP contribution < -0.4 is 18.9 Å². The van der Waals surface area contributed by atoms with Crippen LogP contribution in [0.5, 0.6) is 23.0 Å². The van der Waals surface area contributed by atoms with Crippen LogP contribution in [0.15, 0.2) is 36.4 Å². The van der Waals surface area contributed by atoms with Gasteiger partial charge in [-0.2, -0.15) is 0 Å². The van der Waals surface area contributed by atoms with Gasteiger partial charge in [-0.15, -0.1) is 0 Å². The number of rotatable bonds is 2. The summed E-state index contributed by atoms with van der Waals surface area (Å²) in [5.74, 6) is 2.27. The highest BCUT2D eigenvalue weighted by Crippen LogP contribution is 2.32. The van der Waals surface area contributed by atoms with E-state index >= 15 is 0 Å². The highest BCUT2D eigenvalue weighted by Gasteiger charge is 2.12. The summed E-state index contributed by atoms with van der Waals surface area (Å²) >= 11 is 0. The summed E-state index contributed by atoms with van der Waals surface area (Å²) < 4.78 is 34.5. The van der Waals surface area contributed by atoms with Crippen LogP contribution in [0, 0.1) is 0 Å². The van der Waals surface area contributed by atoms with E-state index in [0.29, 0.717) is 75.9 Å². The van der Waals surface area contributed by atoms with Crippen molar-refractivity contribution >= 4 is 0 Å². The lowest BCUT2D eigenvalue weighted by atomic mass is 10.1. The summed E-state index contributed by atoms with van der Waals surface area (Å²) in [5, 5.41) is 19.7. The van der Waals surface area contributed by atoms with Gasteiger partial charge in [0, 0.05) is 0 Å². The summed E-state index contributed by atoms with van der Waals surface area (Å²) in [4.78, 5) is 0. The van der Waals surface area contributed by atoms with E-state index in [0.717, 1.165) is 11.1 Å². The fraction of sp³-hybridized carbons (Fsp3) is 0.500. The molecule has 2 aromatic carbocycles. The van der Waals surface area contributed by atoms with E-state index in [4.69, 9.17) is 28.4 Å². The lowest BCUT2D eigenvalue weighted by molar-refractivity contribution is 0.0638. The topological polar surface area (TPSA) is 95.8 Å². The Balaban J connectivity index is 1.63. The molecule has 0 fully saturated rings. The number of fused-ring (bicyclic) bond motifs is 2. The Bertz CT molecular complexity index is 769. The molecular weight excluding hydrogens is 416 g/mol. The van der Waals surface area contributed by atoms with E-state index in [9.17, 15) is 10.2 Å². The average molecular weight is 449 g/mol. The van der Waals surface area contributed by atoms with E-state index in [1.807, 2.05) is 12.1 Å². The number of aliphatic hydroxyl groups is 2. The van der Waals surface area contributed by atoms with Crippen LogP contribution in [0.25, 0.3) is 0 Å². The second-order valence-electron chi connectivity index (χ2n) is 7.38. The second kappa shape index (κ2) is 12.5. The third kappa shape index (κ3) is 7.27. The van der Waals surface area contributed by atoms with Gasteiger partial charge in [0.1, 0.15) is 26.4 Å². The first-order chi connectivity index (χ1) is 15.5. The summed E-state index contributed by atoms with van der Waals surface area (Å²) in [6.45, 7) is 6.23. The van der Waals surface area contributed by atoms with Gasteiger partial charge >= 0.3 is 0 Å². The van der Waals surface area contributed by atoms with E-state index in [1.54, 1.807) is 38.1 Å². The van der Waals surface area contributed by atoms with Crippen LogP contribution in [0.2, 0.25) is 0 Å². The molecule has 176 valence electrons. The highest BCUT2D eigenvalue weighted by molar-refractivity contribution is 5.44. The van der Waals surface area contributed by atoms with Crippen LogP contribution in [0.4, 0.5) is 0 Å². The van der Waals surface area contributed by atoms with Crippen LogP contribution in [0.3, 0.4) is 0 Å². The number of hydrogen-bond acceptors (Lipinski definition) is 8. The van der Waals surface area contributed by atoms with Gasteiger partial charge in [-0.05, 0) is 49.2 Å². The van der Waals surface area contributed by atoms with Gasteiger partial charge in [-0.25, -0.2) is 0 Å². The average Bonchev–Trinajstić information content (AvgIpc) is 2.78. The maximum Gasteiger partial charge on any atom is 0.161 e. The third-order valence-corrected chi connectivity index (χ3v) is 4.84. The summed E-state index contributed by atoms with van der Waals surface area (Å²) in [7, 11) is 0. The molecular formula is C24H32O8. The van der Waals surface area contributed by atoms with Crippen molar-refractivity contribution in [2.45, 2.75) is 26.1 Å². The normalized spacial score (nSPS) is 18.1. The fourth-order valence-corrected chi connectivity index (χ4v) is 3.08. The quantitative estimate of drug-likeness (QED) is 0.724. The van der Waals surface area contributed by atoms with Crippen LogP contribution in [-0.4, -0.2) is 63.1 Å². The predicted octanol–water partition coefficient (Wildman–Crippen LogP) is 3.06. The van der Waals surface area contributed by atoms with Gasteiger partial charge in [0.2, 0.25) is 0 Å². The second-order valence-corrected chi connectivity index (χ2v) is 7.38. The minimum Gasteiger partial charge on any atom is -0.487 e. The molecule has 2 aromatic rings. The molecule has 1 aliphatic rings. The van der Waals surface area contributed by atoms with Gasteiger partial charge < -0.3 is 38.6 Å². The molecule has 1 aliphatic heterocycles. The van der Waals surface area contributed by atoms with E-state index in [-0.39, 0.29) is 0 Å². The molecule has 32 heavy (non-hydrogen) atoms. The van der Waals surface area contributed by atoms with Gasteiger partial charge in [-0.1, -0.05) is 12.1 Å². The highest BCUT2D eigenvalue weighted by atomic mass is 16.6. The summed E-state index contributed by atoms with van der Waals surface area (Å²) in [6, 6.07) is 10.7. The Morgan fingerprint density at radius 2 is 0.875 bits per heavy atom. The van der Waals surface area contributed by atoms with Crippen LogP contribution in [0.1, 0.15) is 37.2 Å². The first kappa shape index (κ1) is 24.1. The Morgan fingerprint density at radius 3 is 1.22 bits per heavy atom. The lowest BCUT2D eigenvalue weighted by Gasteiger charge is -2.17. The molecule has 0 aliphatic carbocycles. The summed E-state index contributed by atoms with van der Waals surface area (Å²) in [5.41, 5.74) is 1.49. The molecule has 0 unspecified atom stereocenters. The van der Waals surface area contributed by atoms with Crippen LogP contribution >= 0.6 is 0 Å². The first-order valence-electron chi connectivity index (χ1n) is 10.9. The molecule has 2 N–H and O–H groups in total. The molecule has 2 atom stereocenters. The smallest absolute Gasteiger partial charge is 0.161 e. The van der Waals surface area contributed by atoms with Gasteiger partial charge in [0.15, 0.2) is 23.0 Å². The maximum atomic E-state index is 9.85. The molecule has 8 heteroatoms. The standard InChI is InChI=1S/C24H32O8/c1-17(25)19-3-5-21-23(15-19)31-13-9-28-10-14-32-24-16-20(18(2)26)4-6-22(24)30-12-8-27-7-11-29-21/h3-6,15-18,25-26H,7-14H2,1-2H3/t17-,18+. The molecule has 0 spiro atoms. The zero-order valence-corrected chi connectivity index (χ0v) is 18.6. The third-order valence-electron chi connectivity index (χ3n) is 4.84. The van der Waals surface area contributed by atoms with Crippen molar-refractivity contribution in [3.63, 3.8) is 0 Å². The maximum absolute atomic E-state index is 9.85. The molecule has 0 aromatic heterocycles. The van der Waals surface area contributed by atoms with Crippen LogP contribution in [-0.2, 0) is 9.47 Å². The van der Waals surface area contributed by atoms with Crippen molar-refractivity contribution in [2.24, 2.45) is 0 Å².